The third-order valence-electron chi connectivity index (χ3n) is 6.72. The van der Waals surface area contributed by atoms with Crippen molar-refractivity contribution in [3.05, 3.63) is 101 Å². The minimum absolute atomic E-state index is 0.0102. The van der Waals surface area contributed by atoms with Gasteiger partial charge < -0.3 is 14.6 Å². The van der Waals surface area contributed by atoms with Crippen LogP contribution in [-0.2, 0) is 16.0 Å². The fraction of sp³-hybridized carbons (Fsp3) is 0.167. The second-order valence-corrected chi connectivity index (χ2v) is 10.8. The summed E-state index contributed by atoms with van der Waals surface area (Å²) in [5.41, 5.74) is 2.64. The molecule has 0 saturated carbocycles. The van der Waals surface area contributed by atoms with Crippen molar-refractivity contribution in [1.82, 2.24) is 4.98 Å². The van der Waals surface area contributed by atoms with Gasteiger partial charge in [0.2, 0.25) is 0 Å². The van der Waals surface area contributed by atoms with Crippen molar-refractivity contribution in [1.29, 1.82) is 0 Å². The first-order valence-electron chi connectivity index (χ1n) is 12.3. The summed E-state index contributed by atoms with van der Waals surface area (Å²) >= 11 is 7.43. The number of fused-ring (bicyclic) bond motifs is 2. The van der Waals surface area contributed by atoms with Gasteiger partial charge in [-0.3, -0.25) is 14.5 Å². The average molecular weight is 559 g/mol. The molecular formula is C30H23ClN2O5S. The van der Waals surface area contributed by atoms with Crippen molar-refractivity contribution in [3.8, 4) is 11.5 Å². The Bertz CT molecular complexity index is 1680. The number of nitrogens with zero attached hydrogens (tertiary/aromatic N) is 2. The maximum atomic E-state index is 13.5. The van der Waals surface area contributed by atoms with Crippen molar-refractivity contribution in [2.45, 2.75) is 25.5 Å². The molecule has 0 aliphatic carbocycles. The lowest BCUT2D eigenvalue weighted by Gasteiger charge is -2.23. The van der Waals surface area contributed by atoms with Crippen LogP contribution >= 0.6 is 22.9 Å². The number of aromatic nitrogens is 1. The summed E-state index contributed by atoms with van der Waals surface area (Å²) in [6, 6.07) is 16.7. The quantitative estimate of drug-likeness (QED) is 0.126. The van der Waals surface area contributed by atoms with Crippen LogP contribution in [0.3, 0.4) is 0 Å². The molecule has 0 bridgehead atoms. The highest BCUT2D eigenvalue weighted by molar-refractivity contribution is 7.22. The number of thiazole rings is 1. The van der Waals surface area contributed by atoms with E-state index in [1.165, 1.54) is 16.2 Å². The molecule has 3 aromatic carbocycles. The molecule has 1 amide bonds. The molecule has 9 heteroatoms. The number of rotatable bonds is 6. The zero-order valence-corrected chi connectivity index (χ0v) is 22.5. The zero-order valence-electron chi connectivity index (χ0n) is 20.9. The van der Waals surface area contributed by atoms with Crippen molar-refractivity contribution < 1.29 is 24.2 Å². The Balaban J connectivity index is 1.50. The number of aliphatic hydroxyl groups is 1. The highest BCUT2D eigenvalue weighted by Crippen LogP contribution is 2.45. The van der Waals surface area contributed by atoms with Gasteiger partial charge in [-0.05, 0) is 66.6 Å². The van der Waals surface area contributed by atoms with Gasteiger partial charge in [-0.25, -0.2) is 4.98 Å². The van der Waals surface area contributed by atoms with Crippen molar-refractivity contribution in [2.24, 2.45) is 0 Å². The van der Waals surface area contributed by atoms with E-state index in [0.717, 1.165) is 16.0 Å². The van der Waals surface area contributed by atoms with E-state index in [0.29, 0.717) is 45.6 Å². The number of carbonyl (C=O) groups excluding carboxylic acids is 2. The number of carbonyl (C=O) groups is 2. The van der Waals surface area contributed by atoms with Crippen molar-refractivity contribution in [2.75, 3.05) is 11.5 Å². The van der Waals surface area contributed by atoms with Crippen LogP contribution in [0.5, 0.6) is 11.5 Å². The summed E-state index contributed by atoms with van der Waals surface area (Å²) in [5.74, 6) is -0.444. The molecule has 1 aromatic heterocycles. The lowest BCUT2D eigenvalue weighted by Crippen LogP contribution is -2.29. The number of benzene rings is 3. The maximum absolute atomic E-state index is 13.5. The molecule has 3 heterocycles. The van der Waals surface area contributed by atoms with Crippen LogP contribution in [0.15, 0.2) is 78.9 Å². The van der Waals surface area contributed by atoms with Crippen molar-refractivity contribution in [3.63, 3.8) is 0 Å². The summed E-state index contributed by atoms with van der Waals surface area (Å²) in [6.45, 7) is 5.97. The molecule has 2 aliphatic heterocycles. The number of ether oxygens (including phenoxy) is 2. The Labute approximate surface area is 233 Å². The van der Waals surface area contributed by atoms with Crippen LogP contribution in [-0.4, -0.2) is 34.5 Å². The molecular weight excluding hydrogens is 536 g/mol. The smallest absolute Gasteiger partial charge is 0.301 e. The third kappa shape index (κ3) is 4.45. The number of Topliss-reactive ketones (excluding diaryl/α,β-unsaturated/α-hetero) is 1. The minimum atomic E-state index is -0.905. The molecule has 1 fully saturated rings. The van der Waals surface area contributed by atoms with Crippen LogP contribution in [0.1, 0.15) is 29.7 Å². The fourth-order valence-electron chi connectivity index (χ4n) is 4.96. The number of anilines is 1. The standard InChI is InChI=1S/C30H23ClN2O5S/c1-3-12-37-21-8-4-17(5-9-21)26-25(27(34)18-6-11-23-19(14-18)13-16(2)38-23)28(35)29(36)33(26)30-32-22-10-7-20(31)15-24(22)39-30/h3-11,14-16,26,34H,1,12-13H2,2H3/t16-,26-/m0/s1. The maximum Gasteiger partial charge on any atom is 0.301 e. The number of halogens is 1. The van der Waals surface area contributed by atoms with Gasteiger partial charge >= 0.3 is 5.91 Å². The van der Waals surface area contributed by atoms with Crippen LogP contribution in [0, 0.1) is 0 Å². The Morgan fingerprint density at radius 2 is 2.00 bits per heavy atom. The van der Waals surface area contributed by atoms with E-state index in [4.69, 9.17) is 21.1 Å². The van der Waals surface area contributed by atoms with Gasteiger partial charge in [0.05, 0.1) is 21.8 Å². The third-order valence-corrected chi connectivity index (χ3v) is 7.98. The summed E-state index contributed by atoms with van der Waals surface area (Å²) in [6.07, 6.45) is 2.36. The number of aliphatic hydroxyl groups excluding tert-OH is 1. The highest BCUT2D eigenvalue weighted by atomic mass is 35.5. The van der Waals surface area contributed by atoms with Crippen molar-refractivity contribution >= 4 is 55.7 Å². The number of hydrogen-bond donors (Lipinski definition) is 1. The molecule has 39 heavy (non-hydrogen) atoms. The summed E-state index contributed by atoms with van der Waals surface area (Å²) < 4.78 is 12.2. The van der Waals surface area contributed by atoms with E-state index < -0.39 is 17.7 Å². The van der Waals surface area contributed by atoms with E-state index in [-0.39, 0.29) is 17.4 Å². The predicted molar refractivity (Wildman–Crippen MR) is 152 cm³/mol. The largest absolute Gasteiger partial charge is 0.507 e. The second kappa shape index (κ2) is 9.87. The first kappa shape index (κ1) is 25.2. The van der Waals surface area contributed by atoms with E-state index in [1.54, 1.807) is 60.7 Å². The lowest BCUT2D eigenvalue weighted by atomic mass is 9.94. The molecule has 0 unspecified atom stereocenters. The lowest BCUT2D eigenvalue weighted by molar-refractivity contribution is -0.132. The molecule has 2 aliphatic rings. The van der Waals surface area contributed by atoms with Gasteiger partial charge in [-0.1, -0.05) is 47.7 Å². The second-order valence-electron chi connectivity index (χ2n) is 9.40. The molecule has 1 N–H and O–H groups in total. The van der Waals surface area contributed by atoms with Gasteiger partial charge in [-0.2, -0.15) is 0 Å². The summed E-state index contributed by atoms with van der Waals surface area (Å²) in [7, 11) is 0. The van der Waals surface area contributed by atoms with Gasteiger partial charge in [0, 0.05) is 17.0 Å². The van der Waals surface area contributed by atoms with E-state index in [2.05, 4.69) is 11.6 Å². The van der Waals surface area contributed by atoms with E-state index in [9.17, 15) is 14.7 Å². The molecule has 196 valence electrons. The molecule has 2 atom stereocenters. The van der Waals surface area contributed by atoms with E-state index in [1.807, 2.05) is 13.0 Å². The Kier molecular flexibility index (Phi) is 6.37. The Hall–Kier alpha value is -4.14. The Morgan fingerprint density at radius 1 is 1.21 bits per heavy atom. The van der Waals surface area contributed by atoms with Gasteiger partial charge in [-0.15, -0.1) is 0 Å². The van der Waals surface area contributed by atoms with Crippen LogP contribution in [0.2, 0.25) is 5.02 Å². The normalized spacial score (nSPS) is 19.8. The molecule has 0 spiro atoms. The van der Waals surface area contributed by atoms with E-state index >= 15 is 0 Å². The van der Waals surface area contributed by atoms with Crippen LogP contribution in [0.25, 0.3) is 16.0 Å². The average Bonchev–Trinajstić information content (AvgIpc) is 3.59. The van der Waals surface area contributed by atoms with Crippen LogP contribution in [0.4, 0.5) is 5.13 Å². The number of ketones is 1. The SMILES string of the molecule is C=CCOc1ccc([C@H]2C(=C(O)c3ccc4c(c3)C[C@H](C)O4)C(=O)C(=O)N2c2nc3ccc(Cl)cc3s2)cc1. The monoisotopic (exact) mass is 558 g/mol. The first-order valence-corrected chi connectivity index (χ1v) is 13.5. The highest BCUT2D eigenvalue weighted by Gasteiger charge is 2.48. The van der Waals surface area contributed by atoms with Gasteiger partial charge in [0.15, 0.2) is 5.13 Å². The van der Waals surface area contributed by atoms with Gasteiger partial charge in [0.1, 0.15) is 30.0 Å². The molecule has 6 rings (SSSR count). The summed E-state index contributed by atoms with van der Waals surface area (Å²) in [4.78, 5) is 33.1. The number of hydrogen-bond acceptors (Lipinski definition) is 7. The predicted octanol–water partition coefficient (Wildman–Crippen LogP) is 6.46. The summed E-state index contributed by atoms with van der Waals surface area (Å²) in [5, 5.41) is 12.4. The molecule has 1 saturated heterocycles. The first-order chi connectivity index (χ1) is 18.8. The van der Waals surface area contributed by atoms with Gasteiger partial charge in [0.25, 0.3) is 5.78 Å². The minimum Gasteiger partial charge on any atom is -0.507 e. The molecule has 4 aromatic rings. The fourth-order valence-corrected chi connectivity index (χ4v) is 6.23. The Morgan fingerprint density at radius 3 is 2.77 bits per heavy atom. The molecule has 7 nitrogen and oxygen atoms in total. The van der Waals surface area contributed by atoms with Crippen LogP contribution < -0.4 is 14.4 Å². The zero-order chi connectivity index (χ0) is 27.3. The molecule has 0 radical (unpaired) electrons. The number of amides is 1. The topological polar surface area (TPSA) is 89.0 Å².